The van der Waals surface area contributed by atoms with Crippen LogP contribution in [-0.2, 0) is 0 Å². The van der Waals surface area contributed by atoms with Crippen LogP contribution in [-0.4, -0.2) is 0 Å². The van der Waals surface area contributed by atoms with Gasteiger partial charge >= 0.3 is 0 Å². The zero-order chi connectivity index (χ0) is 34.0. The van der Waals surface area contributed by atoms with Crippen LogP contribution >= 0.6 is 0 Å². The van der Waals surface area contributed by atoms with Gasteiger partial charge in [-0.3, -0.25) is 0 Å². The molecule has 240 valence electrons. The van der Waals surface area contributed by atoms with Gasteiger partial charge in [0, 0.05) is 22.3 Å². The number of anilines is 3. The molecule has 0 heterocycles. The molecule has 0 aliphatic rings. The summed E-state index contributed by atoms with van der Waals surface area (Å²) in [6.45, 7) is 0. The monoisotopic (exact) mass is 649 g/mol. The Balaban J connectivity index is 1.38. The molecule has 9 aromatic carbocycles. The van der Waals surface area contributed by atoms with Crippen molar-refractivity contribution >= 4 is 38.6 Å². The number of hydrogen-bond acceptors (Lipinski definition) is 1. The van der Waals surface area contributed by atoms with Crippen molar-refractivity contribution in [3.8, 4) is 44.5 Å². The Morgan fingerprint density at radius 3 is 1.25 bits per heavy atom. The van der Waals surface area contributed by atoms with Crippen molar-refractivity contribution in [2.45, 2.75) is 0 Å². The Labute approximate surface area is 299 Å². The highest BCUT2D eigenvalue weighted by molar-refractivity contribution is 6.22. The lowest BCUT2D eigenvalue weighted by Gasteiger charge is -2.31. The van der Waals surface area contributed by atoms with E-state index in [-0.39, 0.29) is 0 Å². The van der Waals surface area contributed by atoms with E-state index >= 15 is 0 Å². The average Bonchev–Trinajstić information content (AvgIpc) is 3.22. The molecular weight excluding hydrogens is 615 g/mol. The van der Waals surface area contributed by atoms with E-state index < -0.39 is 0 Å². The lowest BCUT2D eigenvalue weighted by molar-refractivity contribution is 1.30. The van der Waals surface area contributed by atoms with Crippen molar-refractivity contribution in [2.75, 3.05) is 4.90 Å². The molecule has 0 saturated heterocycles. The molecule has 0 aliphatic heterocycles. The van der Waals surface area contributed by atoms with Crippen molar-refractivity contribution in [2.24, 2.45) is 0 Å². The fraction of sp³-hybridized carbons (Fsp3) is 0. The quantitative estimate of drug-likeness (QED) is 0.155. The van der Waals surface area contributed by atoms with Gasteiger partial charge in [-0.2, -0.15) is 0 Å². The van der Waals surface area contributed by atoms with Crippen LogP contribution in [0.15, 0.2) is 212 Å². The third-order valence-electron chi connectivity index (χ3n) is 9.86. The Morgan fingerprint density at radius 1 is 0.255 bits per heavy atom. The van der Waals surface area contributed by atoms with Gasteiger partial charge in [-0.15, -0.1) is 0 Å². The molecule has 0 unspecified atom stereocenters. The fourth-order valence-corrected chi connectivity index (χ4v) is 7.49. The van der Waals surface area contributed by atoms with Crippen LogP contribution in [0.4, 0.5) is 17.1 Å². The smallest absolute Gasteiger partial charge is 0.0624 e. The van der Waals surface area contributed by atoms with E-state index in [0.29, 0.717) is 0 Å². The van der Waals surface area contributed by atoms with E-state index in [1.165, 1.54) is 66.1 Å². The number of hydrogen-bond donors (Lipinski definition) is 0. The molecular formula is C50H35N. The zero-order valence-electron chi connectivity index (χ0n) is 28.2. The number of rotatable bonds is 7. The van der Waals surface area contributed by atoms with Gasteiger partial charge < -0.3 is 4.90 Å². The first-order valence-corrected chi connectivity index (χ1v) is 17.5. The molecule has 1 nitrogen and oxygen atoms in total. The largest absolute Gasteiger partial charge is 0.309 e. The van der Waals surface area contributed by atoms with Crippen LogP contribution < -0.4 is 4.90 Å². The van der Waals surface area contributed by atoms with E-state index in [2.05, 4.69) is 217 Å². The molecule has 51 heavy (non-hydrogen) atoms. The standard InChI is InChI=1S/C50H35N/c1-5-17-36(18-6-1)37-29-31-41(32-30-37)51(42-33-34-43(38-19-7-2-8-20-38)48(35-42)39-21-9-3-10-22-39)50-47-28-16-14-26-45(47)44-25-13-15-27-46(44)49(50)40-23-11-4-12-24-40/h1-35H. The Kier molecular flexibility index (Phi) is 7.92. The van der Waals surface area contributed by atoms with Gasteiger partial charge in [0.05, 0.1) is 5.69 Å². The minimum atomic E-state index is 1.10. The fourth-order valence-electron chi connectivity index (χ4n) is 7.49. The van der Waals surface area contributed by atoms with Gasteiger partial charge in [0.25, 0.3) is 0 Å². The second-order valence-electron chi connectivity index (χ2n) is 12.9. The summed E-state index contributed by atoms with van der Waals surface area (Å²) in [5, 5.41) is 4.92. The maximum Gasteiger partial charge on any atom is 0.0624 e. The van der Waals surface area contributed by atoms with Crippen molar-refractivity contribution in [1.82, 2.24) is 0 Å². The summed E-state index contributed by atoms with van der Waals surface area (Å²) in [7, 11) is 0. The number of fused-ring (bicyclic) bond motifs is 3. The molecule has 0 bridgehead atoms. The van der Waals surface area contributed by atoms with Gasteiger partial charge in [0.1, 0.15) is 0 Å². The molecule has 0 saturated carbocycles. The lowest BCUT2D eigenvalue weighted by atomic mass is 9.89. The van der Waals surface area contributed by atoms with Crippen molar-refractivity contribution in [3.05, 3.63) is 212 Å². The third-order valence-corrected chi connectivity index (χ3v) is 9.86. The van der Waals surface area contributed by atoms with E-state index in [0.717, 1.165) is 17.1 Å². The Bertz CT molecular complexity index is 2590. The summed E-state index contributed by atoms with van der Waals surface area (Å²) in [5.41, 5.74) is 12.9. The van der Waals surface area contributed by atoms with Crippen LogP contribution in [0.5, 0.6) is 0 Å². The first kappa shape index (κ1) is 30.4. The SMILES string of the molecule is c1ccc(-c2ccc(N(c3ccc(-c4ccccc4)c(-c4ccccc4)c3)c3c(-c4ccccc4)c4ccccc4c4ccccc34)cc2)cc1. The topological polar surface area (TPSA) is 3.24 Å². The van der Waals surface area contributed by atoms with Gasteiger partial charge in [-0.05, 0) is 79.4 Å². The highest BCUT2D eigenvalue weighted by Crippen LogP contribution is 2.50. The predicted molar refractivity (Wildman–Crippen MR) is 218 cm³/mol. The molecule has 0 amide bonds. The average molecular weight is 650 g/mol. The molecule has 0 atom stereocenters. The summed E-state index contributed by atoms with van der Waals surface area (Å²) >= 11 is 0. The Morgan fingerprint density at radius 2 is 0.667 bits per heavy atom. The molecule has 1 heteroatoms. The van der Waals surface area contributed by atoms with Gasteiger partial charge in [-0.25, -0.2) is 0 Å². The lowest BCUT2D eigenvalue weighted by Crippen LogP contribution is -2.12. The molecule has 0 N–H and O–H groups in total. The molecule has 0 aliphatic carbocycles. The maximum absolute atomic E-state index is 2.48. The van der Waals surface area contributed by atoms with Gasteiger partial charge in [0.15, 0.2) is 0 Å². The van der Waals surface area contributed by atoms with Gasteiger partial charge in [0.2, 0.25) is 0 Å². The van der Waals surface area contributed by atoms with Crippen LogP contribution in [0.1, 0.15) is 0 Å². The molecule has 0 aromatic heterocycles. The van der Waals surface area contributed by atoms with Gasteiger partial charge in [-0.1, -0.05) is 188 Å². The summed E-state index contributed by atoms with van der Waals surface area (Å²) in [5.74, 6) is 0. The predicted octanol–water partition coefficient (Wildman–Crippen LogP) is 14.1. The van der Waals surface area contributed by atoms with E-state index in [1.807, 2.05) is 0 Å². The van der Waals surface area contributed by atoms with Crippen molar-refractivity contribution in [1.29, 1.82) is 0 Å². The van der Waals surface area contributed by atoms with E-state index in [4.69, 9.17) is 0 Å². The minimum absolute atomic E-state index is 1.10. The Hall–Kier alpha value is -6.70. The van der Waals surface area contributed by atoms with Crippen LogP contribution in [0.25, 0.3) is 66.1 Å². The molecule has 9 rings (SSSR count). The zero-order valence-corrected chi connectivity index (χ0v) is 28.2. The van der Waals surface area contributed by atoms with E-state index in [1.54, 1.807) is 0 Å². The van der Waals surface area contributed by atoms with Crippen LogP contribution in [0.2, 0.25) is 0 Å². The van der Waals surface area contributed by atoms with E-state index in [9.17, 15) is 0 Å². The summed E-state index contributed by atoms with van der Waals surface area (Å²) < 4.78 is 0. The maximum atomic E-state index is 2.48. The van der Waals surface area contributed by atoms with Crippen molar-refractivity contribution < 1.29 is 0 Å². The summed E-state index contributed by atoms with van der Waals surface area (Å²) in [4.78, 5) is 2.48. The molecule has 9 aromatic rings. The first-order chi connectivity index (χ1) is 25.3. The van der Waals surface area contributed by atoms with Crippen LogP contribution in [0, 0.1) is 0 Å². The first-order valence-electron chi connectivity index (χ1n) is 17.5. The van der Waals surface area contributed by atoms with Crippen LogP contribution in [0.3, 0.4) is 0 Å². The highest BCUT2D eigenvalue weighted by atomic mass is 15.1. The number of benzene rings is 9. The highest BCUT2D eigenvalue weighted by Gasteiger charge is 2.24. The van der Waals surface area contributed by atoms with Crippen molar-refractivity contribution in [3.63, 3.8) is 0 Å². The summed E-state index contributed by atoms with van der Waals surface area (Å²) in [6, 6.07) is 76.7. The normalized spacial score (nSPS) is 11.1. The molecule has 0 spiro atoms. The second kappa shape index (κ2) is 13.3. The second-order valence-corrected chi connectivity index (χ2v) is 12.9. The third kappa shape index (κ3) is 5.65. The number of nitrogens with zero attached hydrogens (tertiary/aromatic N) is 1. The minimum Gasteiger partial charge on any atom is -0.309 e. The molecule has 0 radical (unpaired) electrons. The molecule has 0 fully saturated rings. The summed E-state index contributed by atoms with van der Waals surface area (Å²) in [6.07, 6.45) is 0.